The van der Waals surface area contributed by atoms with Gasteiger partial charge < -0.3 is 5.73 Å². The highest BCUT2D eigenvalue weighted by molar-refractivity contribution is 4.95. The summed E-state index contributed by atoms with van der Waals surface area (Å²) < 4.78 is 0. The molecule has 0 aromatic rings. The first-order valence-corrected chi connectivity index (χ1v) is 3.54. The van der Waals surface area contributed by atoms with E-state index in [0.29, 0.717) is 12.0 Å². The third-order valence-corrected chi connectivity index (χ3v) is 2.01. The topological polar surface area (TPSA) is 26.0 Å². The SMILES string of the molecule is C#CC1CCC(N)CC1. The fourth-order valence-electron chi connectivity index (χ4n) is 1.29. The monoisotopic (exact) mass is 123 g/mol. The number of terminal acetylenes is 1. The van der Waals surface area contributed by atoms with Crippen LogP contribution in [0.3, 0.4) is 0 Å². The quantitative estimate of drug-likeness (QED) is 0.480. The minimum atomic E-state index is 0.426. The Morgan fingerprint density at radius 1 is 1.22 bits per heavy atom. The molecule has 1 saturated carbocycles. The minimum absolute atomic E-state index is 0.426. The van der Waals surface area contributed by atoms with Gasteiger partial charge in [-0.15, -0.1) is 12.3 Å². The van der Waals surface area contributed by atoms with E-state index in [-0.39, 0.29) is 0 Å². The summed E-state index contributed by atoms with van der Waals surface area (Å²) in [5, 5.41) is 0. The van der Waals surface area contributed by atoms with Gasteiger partial charge in [0, 0.05) is 12.0 Å². The van der Waals surface area contributed by atoms with Gasteiger partial charge in [-0.3, -0.25) is 0 Å². The first-order chi connectivity index (χ1) is 4.33. The Hall–Kier alpha value is -0.480. The van der Waals surface area contributed by atoms with Crippen molar-refractivity contribution in [2.45, 2.75) is 31.7 Å². The van der Waals surface area contributed by atoms with E-state index in [1.54, 1.807) is 0 Å². The molecule has 1 fully saturated rings. The zero-order valence-electron chi connectivity index (χ0n) is 5.64. The molecule has 0 aliphatic heterocycles. The summed E-state index contributed by atoms with van der Waals surface area (Å²) in [6.07, 6.45) is 9.77. The second-order valence-electron chi connectivity index (χ2n) is 2.78. The van der Waals surface area contributed by atoms with E-state index >= 15 is 0 Å². The minimum Gasteiger partial charge on any atom is -0.328 e. The lowest BCUT2D eigenvalue weighted by atomic mass is 9.87. The maximum Gasteiger partial charge on any atom is 0.0201 e. The second-order valence-corrected chi connectivity index (χ2v) is 2.78. The molecular weight excluding hydrogens is 110 g/mol. The van der Waals surface area contributed by atoms with Crippen molar-refractivity contribution in [3.8, 4) is 12.3 Å². The molecule has 1 nitrogen and oxygen atoms in total. The molecule has 1 rings (SSSR count). The van der Waals surface area contributed by atoms with Gasteiger partial charge in [0.15, 0.2) is 0 Å². The van der Waals surface area contributed by atoms with Crippen LogP contribution in [0.25, 0.3) is 0 Å². The lowest BCUT2D eigenvalue weighted by Crippen LogP contribution is -2.25. The van der Waals surface area contributed by atoms with Crippen LogP contribution < -0.4 is 5.73 Å². The lowest BCUT2D eigenvalue weighted by Gasteiger charge is -2.21. The van der Waals surface area contributed by atoms with E-state index in [2.05, 4.69) is 5.92 Å². The molecule has 1 aliphatic rings. The average molecular weight is 123 g/mol. The van der Waals surface area contributed by atoms with E-state index in [0.717, 1.165) is 25.7 Å². The van der Waals surface area contributed by atoms with E-state index in [4.69, 9.17) is 12.2 Å². The van der Waals surface area contributed by atoms with Crippen LogP contribution in [-0.2, 0) is 0 Å². The van der Waals surface area contributed by atoms with Crippen LogP contribution in [0, 0.1) is 18.3 Å². The molecule has 0 heterocycles. The molecule has 2 N–H and O–H groups in total. The molecule has 0 aromatic carbocycles. The lowest BCUT2D eigenvalue weighted by molar-refractivity contribution is 0.384. The number of nitrogens with two attached hydrogens (primary N) is 1. The first-order valence-electron chi connectivity index (χ1n) is 3.54. The number of rotatable bonds is 0. The van der Waals surface area contributed by atoms with Crippen LogP contribution in [-0.4, -0.2) is 6.04 Å². The zero-order valence-corrected chi connectivity index (χ0v) is 5.64. The molecule has 50 valence electrons. The van der Waals surface area contributed by atoms with Gasteiger partial charge in [0.1, 0.15) is 0 Å². The average Bonchev–Trinajstić information content (AvgIpc) is 1.90. The summed E-state index contributed by atoms with van der Waals surface area (Å²) in [7, 11) is 0. The molecule has 0 spiro atoms. The Kier molecular flexibility index (Phi) is 2.13. The molecule has 0 unspecified atom stereocenters. The molecule has 0 bridgehead atoms. The predicted molar refractivity (Wildman–Crippen MR) is 38.8 cm³/mol. The van der Waals surface area contributed by atoms with Crippen molar-refractivity contribution < 1.29 is 0 Å². The second kappa shape index (κ2) is 2.89. The van der Waals surface area contributed by atoms with Crippen molar-refractivity contribution in [2.24, 2.45) is 11.7 Å². The smallest absolute Gasteiger partial charge is 0.0201 e. The van der Waals surface area contributed by atoms with Crippen molar-refractivity contribution in [1.82, 2.24) is 0 Å². The Balaban J connectivity index is 2.28. The highest BCUT2D eigenvalue weighted by Crippen LogP contribution is 2.21. The third-order valence-electron chi connectivity index (χ3n) is 2.01. The van der Waals surface area contributed by atoms with Crippen LogP contribution in [0.4, 0.5) is 0 Å². The molecule has 1 aliphatic carbocycles. The summed E-state index contributed by atoms with van der Waals surface area (Å²) in [5.41, 5.74) is 5.68. The Bertz CT molecular complexity index is 115. The maximum atomic E-state index is 5.68. The van der Waals surface area contributed by atoms with Crippen LogP contribution in [0.1, 0.15) is 25.7 Å². The van der Waals surface area contributed by atoms with Crippen molar-refractivity contribution in [1.29, 1.82) is 0 Å². The van der Waals surface area contributed by atoms with Crippen LogP contribution in [0.15, 0.2) is 0 Å². The summed E-state index contributed by atoms with van der Waals surface area (Å²) in [6.45, 7) is 0. The van der Waals surface area contributed by atoms with E-state index < -0.39 is 0 Å². The molecule has 0 radical (unpaired) electrons. The summed E-state index contributed by atoms with van der Waals surface area (Å²) >= 11 is 0. The Morgan fingerprint density at radius 2 is 1.78 bits per heavy atom. The fraction of sp³-hybridized carbons (Fsp3) is 0.750. The molecule has 0 saturated heterocycles. The number of hydrogen-bond donors (Lipinski definition) is 1. The van der Waals surface area contributed by atoms with Crippen molar-refractivity contribution in [3.05, 3.63) is 0 Å². The highest BCUT2D eigenvalue weighted by Gasteiger charge is 2.15. The molecule has 0 amide bonds. The Morgan fingerprint density at radius 3 is 2.22 bits per heavy atom. The fourth-order valence-corrected chi connectivity index (χ4v) is 1.29. The van der Waals surface area contributed by atoms with Gasteiger partial charge in [0.25, 0.3) is 0 Å². The maximum absolute atomic E-state index is 5.68. The van der Waals surface area contributed by atoms with E-state index in [9.17, 15) is 0 Å². The number of hydrogen-bond acceptors (Lipinski definition) is 1. The van der Waals surface area contributed by atoms with E-state index in [1.165, 1.54) is 0 Å². The molecule has 0 aromatic heterocycles. The molecule has 9 heavy (non-hydrogen) atoms. The van der Waals surface area contributed by atoms with Gasteiger partial charge in [0.2, 0.25) is 0 Å². The van der Waals surface area contributed by atoms with Gasteiger partial charge >= 0.3 is 0 Å². The highest BCUT2D eigenvalue weighted by atomic mass is 14.6. The van der Waals surface area contributed by atoms with Gasteiger partial charge in [-0.2, -0.15) is 0 Å². The molecular formula is C8H13N. The summed E-state index contributed by atoms with van der Waals surface area (Å²) in [6, 6.07) is 0.426. The van der Waals surface area contributed by atoms with Crippen molar-refractivity contribution >= 4 is 0 Å². The van der Waals surface area contributed by atoms with Crippen molar-refractivity contribution in [2.75, 3.05) is 0 Å². The van der Waals surface area contributed by atoms with Gasteiger partial charge in [-0.1, -0.05) is 0 Å². The van der Waals surface area contributed by atoms with Crippen LogP contribution >= 0.6 is 0 Å². The van der Waals surface area contributed by atoms with Crippen LogP contribution in [0.5, 0.6) is 0 Å². The first kappa shape index (κ1) is 6.64. The van der Waals surface area contributed by atoms with Crippen molar-refractivity contribution in [3.63, 3.8) is 0 Å². The summed E-state index contributed by atoms with van der Waals surface area (Å²) in [4.78, 5) is 0. The predicted octanol–water partition coefficient (Wildman–Crippen LogP) is 1.14. The Labute approximate surface area is 56.6 Å². The molecule has 1 heteroatoms. The van der Waals surface area contributed by atoms with E-state index in [1.807, 2.05) is 0 Å². The third kappa shape index (κ3) is 1.73. The standard InChI is InChI=1S/C8H13N/c1-2-7-3-5-8(9)6-4-7/h1,7-8H,3-6,9H2. The zero-order chi connectivity index (χ0) is 6.69. The molecule has 0 atom stereocenters. The normalized spacial score (nSPS) is 35.6. The van der Waals surface area contributed by atoms with Gasteiger partial charge in [-0.05, 0) is 25.7 Å². The van der Waals surface area contributed by atoms with Gasteiger partial charge in [0.05, 0.1) is 0 Å². The van der Waals surface area contributed by atoms with Crippen LogP contribution in [0.2, 0.25) is 0 Å². The van der Waals surface area contributed by atoms with Gasteiger partial charge in [-0.25, -0.2) is 0 Å². The largest absolute Gasteiger partial charge is 0.328 e. The summed E-state index contributed by atoms with van der Waals surface area (Å²) in [5.74, 6) is 3.29.